The van der Waals surface area contributed by atoms with E-state index in [-0.39, 0.29) is 17.6 Å². The van der Waals surface area contributed by atoms with E-state index in [4.69, 9.17) is 16.3 Å². The predicted molar refractivity (Wildman–Crippen MR) is 108 cm³/mol. The maximum absolute atomic E-state index is 12.7. The monoisotopic (exact) mass is 383 g/mol. The van der Waals surface area contributed by atoms with Crippen LogP contribution in [0.3, 0.4) is 0 Å². The van der Waals surface area contributed by atoms with Crippen molar-refractivity contribution in [2.24, 2.45) is 0 Å². The molecular weight excluding hydrogens is 358 g/mol. The minimum atomic E-state index is -0.110. The molecule has 1 aliphatic carbocycles. The Morgan fingerprint density at radius 3 is 2.59 bits per heavy atom. The second kappa shape index (κ2) is 7.93. The number of carbonyl (C=O) groups is 1. The Morgan fingerprint density at radius 2 is 1.81 bits per heavy atom. The van der Waals surface area contributed by atoms with E-state index in [1.165, 1.54) is 19.3 Å². The van der Waals surface area contributed by atoms with Crippen LogP contribution in [0.25, 0.3) is 0 Å². The molecule has 1 heterocycles. The number of aryl methyl sites for hydroxylation is 1. The van der Waals surface area contributed by atoms with E-state index in [9.17, 15) is 4.79 Å². The number of rotatable bonds is 4. The zero-order chi connectivity index (χ0) is 18.7. The van der Waals surface area contributed by atoms with Crippen LogP contribution in [-0.2, 0) is 11.2 Å². The first-order chi connectivity index (χ1) is 13.1. The summed E-state index contributed by atoms with van der Waals surface area (Å²) in [6.45, 7) is 0. The lowest BCUT2D eigenvalue weighted by atomic mass is 9.77. The Balaban J connectivity index is 1.44. The predicted octanol–water partition coefficient (Wildman–Crippen LogP) is 5.62. The van der Waals surface area contributed by atoms with Crippen LogP contribution in [0.1, 0.15) is 62.1 Å². The summed E-state index contributed by atoms with van der Waals surface area (Å²) in [6.07, 6.45) is 7.94. The molecule has 4 rings (SSSR count). The van der Waals surface area contributed by atoms with Crippen LogP contribution in [0.15, 0.2) is 48.5 Å². The molecule has 1 fully saturated rings. The molecule has 3 nitrogen and oxygen atoms in total. The van der Waals surface area contributed by atoms with Gasteiger partial charge < -0.3 is 10.1 Å². The highest BCUT2D eigenvalue weighted by Gasteiger charge is 2.42. The largest absolute Gasteiger partial charge is 0.487 e. The van der Waals surface area contributed by atoms with Crippen molar-refractivity contribution in [1.29, 1.82) is 0 Å². The van der Waals surface area contributed by atoms with Crippen molar-refractivity contribution in [2.75, 3.05) is 0 Å². The highest BCUT2D eigenvalue weighted by molar-refractivity contribution is 6.30. The van der Waals surface area contributed by atoms with Crippen LogP contribution in [-0.4, -0.2) is 11.5 Å². The molecule has 2 aliphatic rings. The maximum atomic E-state index is 12.7. The fraction of sp³-hybridized carbons (Fsp3) is 0.435. The van der Waals surface area contributed by atoms with E-state index in [0.29, 0.717) is 6.42 Å². The van der Waals surface area contributed by atoms with E-state index in [1.54, 1.807) is 0 Å². The van der Waals surface area contributed by atoms with Crippen LogP contribution in [0.5, 0.6) is 5.75 Å². The van der Waals surface area contributed by atoms with Gasteiger partial charge >= 0.3 is 0 Å². The van der Waals surface area contributed by atoms with Crippen molar-refractivity contribution in [3.05, 3.63) is 64.7 Å². The number of benzene rings is 2. The maximum Gasteiger partial charge on any atom is 0.220 e. The fourth-order valence-corrected chi connectivity index (χ4v) is 4.55. The summed E-state index contributed by atoms with van der Waals surface area (Å²) >= 11 is 5.93. The summed E-state index contributed by atoms with van der Waals surface area (Å²) in [5, 5.41) is 4.01. The van der Waals surface area contributed by atoms with E-state index in [1.807, 2.05) is 42.5 Å². The van der Waals surface area contributed by atoms with Crippen molar-refractivity contribution in [3.63, 3.8) is 0 Å². The smallest absolute Gasteiger partial charge is 0.220 e. The summed E-state index contributed by atoms with van der Waals surface area (Å²) in [6, 6.07) is 15.9. The van der Waals surface area contributed by atoms with Crippen LogP contribution in [0.2, 0.25) is 5.02 Å². The van der Waals surface area contributed by atoms with Gasteiger partial charge in [0.05, 0.1) is 6.04 Å². The average molecular weight is 384 g/mol. The van der Waals surface area contributed by atoms with Crippen LogP contribution >= 0.6 is 11.6 Å². The zero-order valence-electron chi connectivity index (χ0n) is 15.5. The molecular formula is C23H26ClNO2. The molecule has 0 saturated heterocycles. The first-order valence-corrected chi connectivity index (χ1v) is 10.3. The Morgan fingerprint density at radius 1 is 1.07 bits per heavy atom. The standard InChI is InChI=1S/C23H26ClNO2/c24-18-11-8-17(9-12-18)10-13-22(26)25-20-16-23(14-4-1-5-15-23)27-21-7-3-2-6-19(20)21/h2-3,6-9,11-12,20H,1,4-5,10,13-16H2,(H,25,26). The van der Waals surface area contributed by atoms with E-state index < -0.39 is 0 Å². The number of halogens is 1. The molecule has 1 atom stereocenters. The van der Waals surface area contributed by atoms with E-state index in [0.717, 1.165) is 47.6 Å². The molecule has 0 radical (unpaired) electrons. The molecule has 27 heavy (non-hydrogen) atoms. The molecule has 1 spiro atoms. The molecule has 1 aliphatic heterocycles. The average Bonchev–Trinajstić information content (AvgIpc) is 2.68. The van der Waals surface area contributed by atoms with Crippen LogP contribution in [0.4, 0.5) is 0 Å². The highest BCUT2D eigenvalue weighted by atomic mass is 35.5. The third-order valence-corrected chi connectivity index (χ3v) is 6.10. The molecule has 1 amide bonds. The van der Waals surface area contributed by atoms with Gasteiger partial charge in [0.15, 0.2) is 0 Å². The zero-order valence-corrected chi connectivity index (χ0v) is 16.3. The second-order valence-electron chi connectivity index (χ2n) is 7.83. The summed E-state index contributed by atoms with van der Waals surface area (Å²) in [7, 11) is 0. The fourth-order valence-electron chi connectivity index (χ4n) is 4.42. The quantitative estimate of drug-likeness (QED) is 0.744. The van der Waals surface area contributed by atoms with Crippen molar-refractivity contribution in [2.45, 2.75) is 63.0 Å². The number of para-hydroxylation sites is 1. The lowest BCUT2D eigenvalue weighted by Crippen LogP contribution is -2.46. The van der Waals surface area contributed by atoms with Crippen LogP contribution < -0.4 is 10.1 Å². The van der Waals surface area contributed by atoms with Crippen molar-refractivity contribution < 1.29 is 9.53 Å². The minimum Gasteiger partial charge on any atom is -0.487 e. The molecule has 1 saturated carbocycles. The molecule has 2 aromatic rings. The number of fused-ring (bicyclic) bond motifs is 1. The van der Waals surface area contributed by atoms with E-state index in [2.05, 4.69) is 11.4 Å². The molecule has 2 aromatic carbocycles. The van der Waals surface area contributed by atoms with Gasteiger partial charge in [-0.05, 0) is 55.9 Å². The first kappa shape index (κ1) is 18.4. The van der Waals surface area contributed by atoms with Gasteiger partial charge in [0.1, 0.15) is 11.4 Å². The normalized spacial score (nSPS) is 20.6. The van der Waals surface area contributed by atoms with Crippen molar-refractivity contribution >= 4 is 17.5 Å². The number of amides is 1. The van der Waals surface area contributed by atoms with Crippen molar-refractivity contribution in [3.8, 4) is 5.75 Å². The summed E-state index contributed by atoms with van der Waals surface area (Å²) in [4.78, 5) is 12.7. The molecule has 1 N–H and O–H groups in total. The van der Waals surface area contributed by atoms with Crippen LogP contribution in [0, 0.1) is 0 Å². The number of hydrogen-bond acceptors (Lipinski definition) is 2. The number of hydrogen-bond donors (Lipinski definition) is 1. The number of ether oxygens (including phenoxy) is 1. The number of carbonyl (C=O) groups excluding carboxylic acids is 1. The van der Waals surface area contributed by atoms with Gasteiger partial charge in [0.25, 0.3) is 0 Å². The Kier molecular flexibility index (Phi) is 5.40. The summed E-state index contributed by atoms with van der Waals surface area (Å²) in [5.41, 5.74) is 2.13. The topological polar surface area (TPSA) is 38.3 Å². The third kappa shape index (κ3) is 4.30. The van der Waals surface area contributed by atoms with Crippen molar-refractivity contribution in [1.82, 2.24) is 5.32 Å². The number of nitrogens with one attached hydrogen (secondary N) is 1. The lowest BCUT2D eigenvalue weighted by Gasteiger charge is -2.44. The van der Waals surface area contributed by atoms with Gasteiger partial charge in [-0.3, -0.25) is 4.79 Å². The van der Waals surface area contributed by atoms with Gasteiger partial charge in [-0.25, -0.2) is 0 Å². The SMILES string of the molecule is O=C(CCc1ccc(Cl)cc1)NC1CC2(CCCCC2)Oc2ccccc21. The Labute approximate surface area is 166 Å². The highest BCUT2D eigenvalue weighted by Crippen LogP contribution is 2.46. The van der Waals surface area contributed by atoms with Gasteiger partial charge in [-0.1, -0.05) is 48.4 Å². The third-order valence-electron chi connectivity index (χ3n) is 5.85. The van der Waals surface area contributed by atoms with Gasteiger partial charge in [-0.2, -0.15) is 0 Å². The minimum absolute atomic E-state index is 0.0331. The molecule has 0 bridgehead atoms. The molecule has 142 valence electrons. The Bertz CT molecular complexity index is 796. The molecule has 1 unspecified atom stereocenters. The Hall–Kier alpha value is -2.00. The first-order valence-electron chi connectivity index (χ1n) is 9.95. The van der Waals surface area contributed by atoms with Gasteiger partial charge in [0.2, 0.25) is 5.91 Å². The molecule has 0 aromatic heterocycles. The molecule has 4 heteroatoms. The summed E-state index contributed by atoms with van der Waals surface area (Å²) in [5.74, 6) is 1.03. The second-order valence-corrected chi connectivity index (χ2v) is 8.27. The van der Waals surface area contributed by atoms with Gasteiger partial charge in [-0.15, -0.1) is 0 Å². The lowest BCUT2D eigenvalue weighted by molar-refractivity contribution is -0.122. The summed E-state index contributed by atoms with van der Waals surface area (Å²) < 4.78 is 6.45. The van der Waals surface area contributed by atoms with E-state index >= 15 is 0 Å². The van der Waals surface area contributed by atoms with Gasteiger partial charge in [0, 0.05) is 23.4 Å².